The minimum Gasteiger partial charge on any atom is -0.136 e. The third-order valence-corrected chi connectivity index (χ3v) is 0.192. The third-order valence-electron chi connectivity index (χ3n) is 0.192. The molecule has 0 aliphatic rings. The zero-order valence-corrected chi connectivity index (χ0v) is 6.73. The molecule has 0 nitrogen and oxygen atoms in total. The van der Waals surface area contributed by atoms with Gasteiger partial charge in [-0.15, -0.1) is 12.1 Å². The first-order valence-corrected chi connectivity index (χ1v) is 3.24. The Morgan fingerprint density at radius 1 is 1.00 bits per heavy atom. The summed E-state index contributed by atoms with van der Waals surface area (Å²) in [7, 11) is 4.85. The van der Waals surface area contributed by atoms with Crippen molar-refractivity contribution in [3.63, 3.8) is 0 Å². The lowest BCUT2D eigenvalue weighted by Gasteiger charge is -1.49. The molecule has 0 rings (SSSR count). The van der Waals surface area contributed by atoms with Gasteiger partial charge in [-0.3, -0.25) is 0 Å². The van der Waals surface area contributed by atoms with E-state index < -0.39 is 0 Å². The highest BCUT2D eigenvalue weighted by Crippen LogP contribution is 1.50. The van der Waals surface area contributed by atoms with Gasteiger partial charge in [0.2, 0.25) is 0 Å². The first kappa shape index (κ1) is 15.7. The molecule has 0 heterocycles. The minimum absolute atomic E-state index is 1.50. The maximum atomic E-state index is 4.85. The second-order valence-corrected chi connectivity index (χ2v) is 0.526. The first-order valence-electron chi connectivity index (χ1n) is 3.24. The Labute approximate surface area is 55.4 Å². The SMILES string of the molecule is CC.CC.[B]C=CC. The molecule has 0 aliphatic carbocycles. The fourth-order valence-electron chi connectivity index (χ4n) is 0. The molecule has 0 unspecified atom stereocenters. The van der Waals surface area contributed by atoms with Gasteiger partial charge >= 0.3 is 0 Å². The van der Waals surface area contributed by atoms with Crippen LogP contribution in [0.4, 0.5) is 0 Å². The van der Waals surface area contributed by atoms with Crippen molar-refractivity contribution >= 4 is 7.85 Å². The van der Waals surface area contributed by atoms with Gasteiger partial charge < -0.3 is 0 Å². The Balaban J connectivity index is -0.0000000542. The molecule has 0 aromatic heterocycles. The van der Waals surface area contributed by atoms with E-state index in [0.717, 1.165) is 0 Å². The van der Waals surface area contributed by atoms with Crippen molar-refractivity contribution in [2.75, 3.05) is 0 Å². The van der Waals surface area contributed by atoms with E-state index in [4.69, 9.17) is 7.85 Å². The Bertz CT molecular complexity index is 19.6. The number of allylic oxidation sites excluding steroid dienone is 1. The zero-order valence-electron chi connectivity index (χ0n) is 6.73. The van der Waals surface area contributed by atoms with Crippen LogP contribution >= 0.6 is 0 Å². The molecule has 0 saturated heterocycles. The predicted molar refractivity (Wildman–Crippen MR) is 43.3 cm³/mol. The molecule has 0 aromatic carbocycles. The highest BCUT2D eigenvalue weighted by atomic mass is 13.3. The van der Waals surface area contributed by atoms with E-state index in [2.05, 4.69) is 0 Å². The van der Waals surface area contributed by atoms with E-state index in [1.54, 1.807) is 6.08 Å². The Morgan fingerprint density at radius 2 is 1.12 bits per heavy atom. The summed E-state index contributed by atoms with van der Waals surface area (Å²) >= 11 is 0. The average molecular weight is 112 g/mol. The van der Waals surface area contributed by atoms with Gasteiger partial charge in [0.05, 0.1) is 0 Å². The van der Waals surface area contributed by atoms with Crippen molar-refractivity contribution in [1.29, 1.82) is 0 Å². The first-order chi connectivity index (χ1) is 3.91. The van der Waals surface area contributed by atoms with Crippen LogP contribution < -0.4 is 0 Å². The van der Waals surface area contributed by atoms with E-state index in [1.165, 1.54) is 5.98 Å². The Hall–Kier alpha value is -0.195. The van der Waals surface area contributed by atoms with E-state index in [1.807, 2.05) is 34.6 Å². The third kappa shape index (κ3) is 207. The van der Waals surface area contributed by atoms with Crippen molar-refractivity contribution in [3.8, 4) is 0 Å². The van der Waals surface area contributed by atoms with Gasteiger partial charge in [-0.25, -0.2) is 0 Å². The van der Waals surface area contributed by atoms with E-state index in [9.17, 15) is 0 Å². The van der Waals surface area contributed by atoms with Crippen LogP contribution in [0.5, 0.6) is 0 Å². The van der Waals surface area contributed by atoms with E-state index in [-0.39, 0.29) is 0 Å². The van der Waals surface area contributed by atoms with Gasteiger partial charge in [0.1, 0.15) is 7.85 Å². The van der Waals surface area contributed by atoms with Crippen molar-refractivity contribution in [3.05, 3.63) is 12.1 Å². The van der Waals surface area contributed by atoms with E-state index >= 15 is 0 Å². The van der Waals surface area contributed by atoms with Crippen molar-refractivity contribution in [2.24, 2.45) is 0 Å². The summed E-state index contributed by atoms with van der Waals surface area (Å²) in [5.41, 5.74) is 0. The van der Waals surface area contributed by atoms with Crippen molar-refractivity contribution in [1.82, 2.24) is 0 Å². The molecular formula is C7H17B. The highest BCUT2D eigenvalue weighted by Gasteiger charge is 1.35. The highest BCUT2D eigenvalue weighted by molar-refractivity contribution is 6.16. The predicted octanol–water partition coefficient (Wildman–Crippen LogP) is 2.74. The van der Waals surface area contributed by atoms with Gasteiger partial charge in [0, 0.05) is 0 Å². The molecule has 0 N–H and O–H groups in total. The summed E-state index contributed by atoms with van der Waals surface area (Å²) in [5.74, 6) is 1.50. The zero-order chi connectivity index (χ0) is 7.41. The van der Waals surface area contributed by atoms with Crippen LogP contribution in [0.25, 0.3) is 0 Å². The Kier molecular flexibility index (Phi) is 138. The molecular weight excluding hydrogens is 94.9 g/mol. The minimum atomic E-state index is 1.50. The molecule has 2 radical (unpaired) electrons. The fraction of sp³-hybridized carbons (Fsp3) is 0.714. The average Bonchev–Trinajstić information content (AvgIpc) is 1.96. The molecule has 0 spiro atoms. The topological polar surface area (TPSA) is 0 Å². The lowest BCUT2D eigenvalue weighted by molar-refractivity contribution is 1.50. The van der Waals surface area contributed by atoms with E-state index in [0.29, 0.717) is 0 Å². The monoisotopic (exact) mass is 112 g/mol. The molecule has 0 atom stereocenters. The molecule has 0 amide bonds. The summed E-state index contributed by atoms with van der Waals surface area (Å²) in [6.07, 6.45) is 1.78. The molecule has 1 heteroatoms. The lowest BCUT2D eigenvalue weighted by atomic mass is 10.1. The van der Waals surface area contributed by atoms with Crippen LogP contribution in [0.15, 0.2) is 12.1 Å². The summed E-state index contributed by atoms with van der Waals surface area (Å²) in [6, 6.07) is 0. The van der Waals surface area contributed by atoms with Crippen LogP contribution in [0, 0.1) is 0 Å². The largest absolute Gasteiger partial charge is 0.136 e. The van der Waals surface area contributed by atoms with Crippen LogP contribution in [0.3, 0.4) is 0 Å². The van der Waals surface area contributed by atoms with Crippen LogP contribution in [-0.4, -0.2) is 7.85 Å². The lowest BCUT2D eigenvalue weighted by Crippen LogP contribution is -1.39. The molecule has 8 heavy (non-hydrogen) atoms. The van der Waals surface area contributed by atoms with Crippen LogP contribution in [0.1, 0.15) is 34.6 Å². The van der Waals surface area contributed by atoms with Crippen molar-refractivity contribution < 1.29 is 0 Å². The maximum absolute atomic E-state index is 4.85. The maximum Gasteiger partial charge on any atom is 0.102 e. The summed E-state index contributed by atoms with van der Waals surface area (Å²) in [5, 5.41) is 0. The number of rotatable bonds is 0. The van der Waals surface area contributed by atoms with Crippen molar-refractivity contribution in [2.45, 2.75) is 34.6 Å². The van der Waals surface area contributed by atoms with Gasteiger partial charge in [-0.2, -0.15) is 0 Å². The second-order valence-electron chi connectivity index (χ2n) is 0.526. The van der Waals surface area contributed by atoms with Crippen LogP contribution in [-0.2, 0) is 0 Å². The Morgan fingerprint density at radius 3 is 1.12 bits per heavy atom. The van der Waals surface area contributed by atoms with Crippen LogP contribution in [0.2, 0.25) is 0 Å². The smallest absolute Gasteiger partial charge is 0.102 e. The summed E-state index contributed by atoms with van der Waals surface area (Å²) in [6.45, 7) is 9.88. The molecule has 0 bridgehead atoms. The molecule has 0 aliphatic heterocycles. The number of hydrogen-bond acceptors (Lipinski definition) is 0. The summed E-state index contributed by atoms with van der Waals surface area (Å²) in [4.78, 5) is 0. The number of hydrogen-bond donors (Lipinski definition) is 0. The van der Waals surface area contributed by atoms with Gasteiger partial charge in [0.15, 0.2) is 0 Å². The van der Waals surface area contributed by atoms with Gasteiger partial charge in [-0.05, 0) is 6.92 Å². The quantitative estimate of drug-likeness (QED) is 0.422. The normalized spacial score (nSPS) is 6.12. The molecule has 0 aromatic rings. The fourth-order valence-corrected chi connectivity index (χ4v) is 0. The molecule has 48 valence electrons. The van der Waals surface area contributed by atoms with Gasteiger partial charge in [-0.1, -0.05) is 27.7 Å². The standard InChI is InChI=1S/C3H5B.2C2H6/c1-2-3-4;2*1-2/h2-3H,1H3;2*1-2H3. The molecule has 0 saturated carbocycles. The molecule has 0 fully saturated rings. The van der Waals surface area contributed by atoms with Gasteiger partial charge in [0.25, 0.3) is 0 Å². The summed E-state index contributed by atoms with van der Waals surface area (Å²) < 4.78 is 0. The second kappa shape index (κ2) is 70.4.